The zero-order valence-electron chi connectivity index (χ0n) is 9.37. The maximum atomic E-state index is 10.5. The van der Waals surface area contributed by atoms with Crippen molar-refractivity contribution in [3.8, 4) is 0 Å². The molecule has 0 unspecified atom stereocenters. The first-order valence-electron chi connectivity index (χ1n) is 5.44. The van der Waals surface area contributed by atoms with Gasteiger partial charge < -0.3 is 15.7 Å². The van der Waals surface area contributed by atoms with Gasteiger partial charge >= 0.3 is 5.97 Å². The molecule has 16 heavy (non-hydrogen) atoms. The predicted molar refractivity (Wildman–Crippen MR) is 67.3 cm³/mol. The van der Waals surface area contributed by atoms with Crippen LogP contribution in [0.2, 0.25) is 0 Å². The largest absolute Gasteiger partial charge is 0.480 e. The fourth-order valence-corrected chi connectivity index (χ4v) is 1.88. The molecule has 0 aliphatic rings. The lowest BCUT2D eigenvalue weighted by Crippen LogP contribution is -2.31. The zero-order chi connectivity index (χ0) is 12.4. The van der Waals surface area contributed by atoms with Gasteiger partial charge in [-0.1, -0.05) is 6.42 Å². The summed E-state index contributed by atoms with van der Waals surface area (Å²) in [4.78, 5) is 12.6. The van der Waals surface area contributed by atoms with Crippen LogP contribution in [0, 0.1) is 0 Å². The molecule has 0 amide bonds. The predicted octanol–water partition coefficient (Wildman–Crippen LogP) is 1.35. The van der Waals surface area contributed by atoms with E-state index in [1.165, 1.54) is 0 Å². The molecule has 0 aliphatic heterocycles. The van der Waals surface area contributed by atoms with Crippen molar-refractivity contribution in [2.75, 3.05) is 31.4 Å². The molecular formula is C10H20Cl2N2O2. The van der Waals surface area contributed by atoms with Gasteiger partial charge in [0.05, 0.1) is 0 Å². The van der Waals surface area contributed by atoms with Gasteiger partial charge in [-0.25, -0.2) is 0 Å². The minimum atomic E-state index is -0.932. The third-order valence-corrected chi connectivity index (χ3v) is 2.70. The summed E-state index contributed by atoms with van der Waals surface area (Å²) in [5.74, 6) is 0.246. The topological polar surface area (TPSA) is 66.6 Å². The van der Waals surface area contributed by atoms with Gasteiger partial charge in [-0.3, -0.25) is 4.79 Å². The van der Waals surface area contributed by atoms with E-state index >= 15 is 0 Å². The number of hydrogen-bond acceptors (Lipinski definition) is 3. The first kappa shape index (κ1) is 16.0. The molecule has 96 valence electrons. The van der Waals surface area contributed by atoms with E-state index in [2.05, 4.69) is 4.90 Å². The molecule has 0 radical (unpaired) electrons. The lowest BCUT2D eigenvalue weighted by atomic mass is 10.1. The number of carboxylic acids is 1. The van der Waals surface area contributed by atoms with Crippen molar-refractivity contribution in [1.82, 2.24) is 4.90 Å². The molecule has 0 aliphatic carbocycles. The average molecular weight is 271 g/mol. The highest BCUT2D eigenvalue weighted by molar-refractivity contribution is 6.18. The maximum Gasteiger partial charge on any atom is 0.320 e. The smallest absolute Gasteiger partial charge is 0.320 e. The Labute approximate surface area is 107 Å². The molecular weight excluding hydrogens is 251 g/mol. The quantitative estimate of drug-likeness (QED) is 0.465. The van der Waals surface area contributed by atoms with Crippen molar-refractivity contribution in [2.45, 2.75) is 25.3 Å². The van der Waals surface area contributed by atoms with Crippen molar-refractivity contribution in [3.05, 3.63) is 0 Å². The lowest BCUT2D eigenvalue weighted by Gasteiger charge is -2.19. The first-order valence-corrected chi connectivity index (χ1v) is 6.51. The number of rotatable bonds is 10. The van der Waals surface area contributed by atoms with Gasteiger partial charge in [0.15, 0.2) is 0 Å². The van der Waals surface area contributed by atoms with E-state index in [0.29, 0.717) is 18.2 Å². The molecule has 0 aromatic rings. The van der Waals surface area contributed by atoms with E-state index in [1.807, 2.05) is 0 Å². The molecule has 0 aromatic carbocycles. The molecule has 0 spiro atoms. The SMILES string of the molecule is N[C@@H](CCCCN(CCCl)CCCl)C(=O)O. The van der Waals surface area contributed by atoms with Crippen LogP contribution < -0.4 is 5.73 Å². The Balaban J connectivity index is 3.57. The number of halogens is 2. The highest BCUT2D eigenvalue weighted by atomic mass is 35.5. The van der Waals surface area contributed by atoms with E-state index in [4.69, 9.17) is 34.0 Å². The Morgan fingerprint density at radius 1 is 1.19 bits per heavy atom. The van der Waals surface area contributed by atoms with Crippen LogP contribution in [0.5, 0.6) is 0 Å². The summed E-state index contributed by atoms with van der Waals surface area (Å²) in [5, 5.41) is 8.59. The molecule has 0 saturated carbocycles. The van der Waals surface area contributed by atoms with Crippen LogP contribution in [0.1, 0.15) is 19.3 Å². The van der Waals surface area contributed by atoms with Gasteiger partial charge in [-0.15, -0.1) is 23.2 Å². The fourth-order valence-electron chi connectivity index (χ4n) is 1.40. The minimum absolute atomic E-state index is 0.519. The van der Waals surface area contributed by atoms with E-state index in [1.54, 1.807) is 0 Å². The number of nitrogens with zero attached hydrogens (tertiary/aromatic N) is 1. The Hall–Kier alpha value is -0.0300. The standard InChI is InChI=1S/C10H20Cl2N2O2/c11-4-7-14(8-5-12)6-2-1-3-9(13)10(15)16/h9H,1-8,13H2,(H,15,16)/t9-/m0/s1. The maximum absolute atomic E-state index is 10.5. The van der Waals surface area contributed by atoms with Crippen LogP contribution >= 0.6 is 23.2 Å². The van der Waals surface area contributed by atoms with Crippen molar-refractivity contribution >= 4 is 29.2 Å². The third-order valence-electron chi connectivity index (χ3n) is 2.36. The average Bonchev–Trinajstić information content (AvgIpc) is 2.24. The van der Waals surface area contributed by atoms with Crippen molar-refractivity contribution < 1.29 is 9.90 Å². The monoisotopic (exact) mass is 270 g/mol. The number of hydrogen-bond donors (Lipinski definition) is 2. The summed E-state index contributed by atoms with van der Waals surface area (Å²) in [6.45, 7) is 2.53. The van der Waals surface area contributed by atoms with Gasteiger partial charge in [0.1, 0.15) is 6.04 Å². The molecule has 0 fully saturated rings. The highest BCUT2D eigenvalue weighted by Crippen LogP contribution is 2.02. The van der Waals surface area contributed by atoms with E-state index in [0.717, 1.165) is 32.5 Å². The Morgan fingerprint density at radius 3 is 2.19 bits per heavy atom. The molecule has 0 aromatic heterocycles. The number of carbonyl (C=O) groups is 1. The molecule has 1 atom stereocenters. The summed E-state index contributed by atoms with van der Waals surface area (Å²) in [7, 11) is 0. The molecule has 0 bridgehead atoms. The van der Waals surface area contributed by atoms with Gasteiger partial charge in [0.25, 0.3) is 0 Å². The van der Waals surface area contributed by atoms with E-state index in [9.17, 15) is 4.79 Å². The normalized spacial score (nSPS) is 13.0. The van der Waals surface area contributed by atoms with Crippen LogP contribution in [0.4, 0.5) is 0 Å². The second kappa shape index (κ2) is 10.1. The Bertz CT molecular complexity index is 188. The summed E-state index contributed by atoms with van der Waals surface area (Å²) in [6, 6.07) is -0.741. The molecule has 4 nitrogen and oxygen atoms in total. The molecule has 6 heteroatoms. The van der Waals surface area contributed by atoms with Crippen LogP contribution in [-0.2, 0) is 4.79 Å². The number of alkyl halides is 2. The van der Waals surface area contributed by atoms with E-state index in [-0.39, 0.29) is 0 Å². The second-order valence-electron chi connectivity index (χ2n) is 3.66. The Kier molecular flexibility index (Phi) is 10.1. The first-order chi connectivity index (χ1) is 7.61. The van der Waals surface area contributed by atoms with Gasteiger partial charge in [0, 0.05) is 24.8 Å². The Morgan fingerprint density at radius 2 is 1.75 bits per heavy atom. The third kappa shape index (κ3) is 8.16. The fraction of sp³-hybridized carbons (Fsp3) is 0.900. The lowest BCUT2D eigenvalue weighted by molar-refractivity contribution is -0.138. The summed E-state index contributed by atoms with van der Waals surface area (Å²) in [5.41, 5.74) is 5.40. The van der Waals surface area contributed by atoms with Crippen molar-refractivity contribution in [1.29, 1.82) is 0 Å². The van der Waals surface area contributed by atoms with Gasteiger partial charge in [-0.2, -0.15) is 0 Å². The number of unbranched alkanes of at least 4 members (excludes halogenated alkanes) is 1. The minimum Gasteiger partial charge on any atom is -0.480 e. The highest BCUT2D eigenvalue weighted by Gasteiger charge is 2.10. The molecule has 3 N–H and O–H groups in total. The summed E-state index contributed by atoms with van der Waals surface area (Å²) >= 11 is 11.3. The van der Waals surface area contributed by atoms with Crippen LogP contribution in [0.15, 0.2) is 0 Å². The number of nitrogens with two attached hydrogens (primary N) is 1. The van der Waals surface area contributed by atoms with Crippen LogP contribution in [0.25, 0.3) is 0 Å². The summed E-state index contributed by atoms with van der Waals surface area (Å²) < 4.78 is 0. The number of aliphatic carboxylic acids is 1. The van der Waals surface area contributed by atoms with E-state index < -0.39 is 12.0 Å². The zero-order valence-corrected chi connectivity index (χ0v) is 10.9. The molecule has 0 saturated heterocycles. The molecule has 0 heterocycles. The van der Waals surface area contributed by atoms with Crippen LogP contribution in [-0.4, -0.2) is 53.4 Å². The van der Waals surface area contributed by atoms with Crippen molar-refractivity contribution in [3.63, 3.8) is 0 Å². The second-order valence-corrected chi connectivity index (χ2v) is 4.42. The van der Waals surface area contributed by atoms with Gasteiger partial charge in [-0.05, 0) is 19.4 Å². The summed E-state index contributed by atoms with van der Waals surface area (Å²) in [6.07, 6.45) is 2.26. The van der Waals surface area contributed by atoms with Crippen LogP contribution in [0.3, 0.4) is 0 Å². The molecule has 0 rings (SSSR count). The van der Waals surface area contributed by atoms with Gasteiger partial charge in [0.2, 0.25) is 0 Å². The number of carboxylic acid groups (broad SMARTS) is 1. The van der Waals surface area contributed by atoms with Crippen molar-refractivity contribution in [2.24, 2.45) is 5.73 Å².